The molecule has 0 saturated heterocycles. The topological polar surface area (TPSA) is 69.2 Å². The van der Waals surface area contributed by atoms with Crippen LogP contribution < -0.4 is 5.73 Å². The van der Waals surface area contributed by atoms with Gasteiger partial charge in [-0.25, -0.2) is 0 Å². The molecule has 0 atom stereocenters. The molecule has 0 bridgehead atoms. The Morgan fingerprint density at radius 2 is 2.17 bits per heavy atom. The Bertz CT molecular complexity index is 166. The Morgan fingerprint density at radius 1 is 1.50 bits per heavy atom. The molecule has 0 aliphatic rings. The van der Waals surface area contributed by atoms with E-state index in [1.165, 1.54) is 12.8 Å². The standard InChI is InChI=1S/C8H16N2O2/c1-2-3-4-5-6-8(9)7-10(11)12/h7H,2-6,9H2,1H3/b8-7+. The molecule has 0 amide bonds. The first-order chi connectivity index (χ1) is 5.66. The van der Waals surface area contributed by atoms with Crippen molar-refractivity contribution >= 4 is 0 Å². The molecule has 0 aromatic rings. The van der Waals surface area contributed by atoms with Crippen molar-refractivity contribution < 1.29 is 4.92 Å². The van der Waals surface area contributed by atoms with Gasteiger partial charge in [0.25, 0.3) is 6.20 Å². The SMILES string of the molecule is CCCCCC/C(N)=C\[N+](=O)[O-]. The zero-order valence-electron chi connectivity index (χ0n) is 7.45. The molecule has 0 aromatic heterocycles. The number of rotatable bonds is 6. The summed E-state index contributed by atoms with van der Waals surface area (Å²) in [5, 5.41) is 9.95. The molecule has 0 unspecified atom stereocenters. The van der Waals surface area contributed by atoms with Crippen molar-refractivity contribution in [3.63, 3.8) is 0 Å². The van der Waals surface area contributed by atoms with Gasteiger partial charge < -0.3 is 5.73 Å². The van der Waals surface area contributed by atoms with Crippen LogP contribution in [0.1, 0.15) is 39.0 Å². The van der Waals surface area contributed by atoms with Gasteiger partial charge in [0, 0.05) is 0 Å². The van der Waals surface area contributed by atoms with Crippen molar-refractivity contribution in [1.82, 2.24) is 0 Å². The highest BCUT2D eigenvalue weighted by Gasteiger charge is 1.96. The van der Waals surface area contributed by atoms with Gasteiger partial charge in [-0.3, -0.25) is 10.1 Å². The van der Waals surface area contributed by atoms with E-state index in [1.807, 2.05) is 0 Å². The normalized spacial score (nSPS) is 11.6. The minimum absolute atomic E-state index is 0.371. The molecule has 0 fully saturated rings. The van der Waals surface area contributed by atoms with Crippen molar-refractivity contribution in [2.75, 3.05) is 0 Å². The van der Waals surface area contributed by atoms with Crippen LogP contribution in [0.3, 0.4) is 0 Å². The van der Waals surface area contributed by atoms with E-state index in [-0.39, 0.29) is 0 Å². The summed E-state index contributed by atoms with van der Waals surface area (Å²) in [6.45, 7) is 2.12. The lowest BCUT2D eigenvalue weighted by molar-refractivity contribution is -0.403. The molecule has 4 heteroatoms. The van der Waals surface area contributed by atoms with Gasteiger partial charge in [-0.15, -0.1) is 0 Å². The molecule has 0 saturated carbocycles. The third-order valence-corrected chi connectivity index (χ3v) is 1.59. The molecule has 0 aliphatic carbocycles. The first kappa shape index (κ1) is 10.9. The molecule has 0 aliphatic heterocycles. The molecule has 0 rings (SSSR count). The Kier molecular flexibility index (Phi) is 6.05. The lowest BCUT2D eigenvalue weighted by Crippen LogP contribution is -2.00. The summed E-state index contributed by atoms with van der Waals surface area (Å²) in [6, 6.07) is 0. The second-order valence-corrected chi connectivity index (χ2v) is 2.80. The van der Waals surface area contributed by atoms with Crippen LogP contribution in [-0.4, -0.2) is 4.92 Å². The number of nitrogens with two attached hydrogens (primary N) is 1. The third kappa shape index (κ3) is 7.05. The average Bonchev–Trinajstić information content (AvgIpc) is 1.97. The zero-order valence-corrected chi connectivity index (χ0v) is 7.45. The molecule has 0 aromatic carbocycles. The average molecular weight is 172 g/mol. The maximum absolute atomic E-state index is 9.95. The summed E-state index contributed by atoms with van der Waals surface area (Å²) in [5.41, 5.74) is 5.75. The molecular formula is C8H16N2O2. The Hall–Kier alpha value is -1.06. The van der Waals surface area contributed by atoms with E-state index in [4.69, 9.17) is 5.73 Å². The second-order valence-electron chi connectivity index (χ2n) is 2.80. The molecular weight excluding hydrogens is 156 g/mol. The van der Waals surface area contributed by atoms with E-state index in [0.29, 0.717) is 12.1 Å². The Labute approximate surface area is 72.6 Å². The molecule has 0 radical (unpaired) electrons. The fourth-order valence-corrected chi connectivity index (χ4v) is 0.956. The lowest BCUT2D eigenvalue weighted by Gasteiger charge is -1.97. The molecule has 4 nitrogen and oxygen atoms in total. The first-order valence-electron chi connectivity index (χ1n) is 4.26. The van der Waals surface area contributed by atoms with Gasteiger partial charge in [0.05, 0.1) is 10.6 Å². The van der Waals surface area contributed by atoms with Gasteiger partial charge in [-0.1, -0.05) is 26.2 Å². The van der Waals surface area contributed by atoms with E-state index >= 15 is 0 Å². The van der Waals surface area contributed by atoms with Gasteiger partial charge >= 0.3 is 0 Å². The van der Waals surface area contributed by atoms with Crippen molar-refractivity contribution in [3.05, 3.63) is 22.0 Å². The van der Waals surface area contributed by atoms with Crippen LogP contribution >= 0.6 is 0 Å². The molecule has 0 spiro atoms. The zero-order chi connectivity index (χ0) is 9.40. The minimum atomic E-state index is -0.505. The second kappa shape index (κ2) is 6.64. The summed E-state index contributed by atoms with van der Waals surface area (Å²) in [5.74, 6) is 0. The molecule has 0 heterocycles. The predicted molar refractivity (Wildman–Crippen MR) is 48.0 cm³/mol. The quantitative estimate of drug-likeness (QED) is 0.378. The van der Waals surface area contributed by atoms with E-state index in [9.17, 15) is 10.1 Å². The first-order valence-corrected chi connectivity index (χ1v) is 4.26. The number of allylic oxidation sites excluding steroid dienone is 1. The molecule has 70 valence electrons. The monoisotopic (exact) mass is 172 g/mol. The van der Waals surface area contributed by atoms with Crippen LogP contribution in [-0.2, 0) is 0 Å². The van der Waals surface area contributed by atoms with E-state index < -0.39 is 4.92 Å². The summed E-state index contributed by atoms with van der Waals surface area (Å²) in [6.07, 6.45) is 5.91. The van der Waals surface area contributed by atoms with Gasteiger partial charge in [0.2, 0.25) is 0 Å². The van der Waals surface area contributed by atoms with E-state index in [0.717, 1.165) is 19.0 Å². The minimum Gasteiger partial charge on any atom is -0.397 e. The van der Waals surface area contributed by atoms with Crippen molar-refractivity contribution in [2.45, 2.75) is 39.0 Å². The van der Waals surface area contributed by atoms with Crippen molar-refractivity contribution in [2.24, 2.45) is 5.73 Å². The van der Waals surface area contributed by atoms with Gasteiger partial charge in [0.15, 0.2) is 0 Å². The summed E-state index contributed by atoms with van der Waals surface area (Å²) >= 11 is 0. The smallest absolute Gasteiger partial charge is 0.252 e. The Balaban J connectivity index is 3.43. The summed E-state index contributed by atoms with van der Waals surface area (Å²) in [7, 11) is 0. The van der Waals surface area contributed by atoms with E-state index in [2.05, 4.69) is 6.92 Å². The van der Waals surface area contributed by atoms with Gasteiger partial charge in [-0.05, 0) is 12.8 Å². The highest BCUT2D eigenvalue weighted by molar-refractivity contribution is 4.89. The van der Waals surface area contributed by atoms with Crippen LogP contribution in [0, 0.1) is 10.1 Å². The maximum atomic E-state index is 9.95. The van der Waals surface area contributed by atoms with Crippen molar-refractivity contribution in [1.29, 1.82) is 0 Å². The van der Waals surface area contributed by atoms with Crippen LogP contribution in [0.4, 0.5) is 0 Å². The maximum Gasteiger partial charge on any atom is 0.252 e. The summed E-state index contributed by atoms with van der Waals surface area (Å²) < 4.78 is 0. The fraction of sp³-hybridized carbons (Fsp3) is 0.750. The fourth-order valence-electron chi connectivity index (χ4n) is 0.956. The van der Waals surface area contributed by atoms with Crippen molar-refractivity contribution in [3.8, 4) is 0 Å². The van der Waals surface area contributed by atoms with E-state index in [1.54, 1.807) is 0 Å². The largest absolute Gasteiger partial charge is 0.397 e. The number of unbranched alkanes of at least 4 members (excludes halogenated alkanes) is 3. The number of hydrogen-bond donors (Lipinski definition) is 1. The Morgan fingerprint density at radius 3 is 2.67 bits per heavy atom. The highest BCUT2D eigenvalue weighted by Crippen LogP contribution is 2.05. The number of nitro groups is 1. The van der Waals surface area contributed by atoms with Gasteiger partial charge in [0.1, 0.15) is 0 Å². The molecule has 12 heavy (non-hydrogen) atoms. The van der Waals surface area contributed by atoms with Crippen LogP contribution in [0.2, 0.25) is 0 Å². The predicted octanol–water partition coefficient (Wildman–Crippen LogP) is 2.03. The van der Waals surface area contributed by atoms with Crippen LogP contribution in [0.15, 0.2) is 11.9 Å². The molecule has 2 N–H and O–H groups in total. The third-order valence-electron chi connectivity index (χ3n) is 1.59. The van der Waals surface area contributed by atoms with Crippen LogP contribution in [0.25, 0.3) is 0 Å². The van der Waals surface area contributed by atoms with Gasteiger partial charge in [-0.2, -0.15) is 0 Å². The highest BCUT2D eigenvalue weighted by atomic mass is 16.6. The number of hydrogen-bond acceptors (Lipinski definition) is 3. The lowest BCUT2D eigenvalue weighted by atomic mass is 10.1. The van der Waals surface area contributed by atoms with Crippen LogP contribution in [0.5, 0.6) is 0 Å². The number of nitrogens with zero attached hydrogens (tertiary/aromatic N) is 1. The summed E-state index contributed by atoms with van der Waals surface area (Å²) in [4.78, 5) is 9.44.